The fourth-order valence-electron chi connectivity index (χ4n) is 0.888. The van der Waals surface area contributed by atoms with Crippen LogP contribution in [-0.2, 0) is 9.53 Å². The van der Waals surface area contributed by atoms with Crippen LogP contribution in [0.15, 0.2) is 12.7 Å². The van der Waals surface area contributed by atoms with Gasteiger partial charge in [0.05, 0.1) is 6.61 Å². The summed E-state index contributed by atoms with van der Waals surface area (Å²) < 4.78 is 4.42. The van der Waals surface area contributed by atoms with Gasteiger partial charge in [0, 0.05) is 6.08 Å². The lowest BCUT2D eigenvalue weighted by atomic mass is 10.0. The molecule has 16 heavy (non-hydrogen) atoms. The Morgan fingerprint density at radius 2 is 1.69 bits per heavy atom. The second-order valence-electron chi connectivity index (χ2n) is 3.13. The van der Waals surface area contributed by atoms with Crippen LogP contribution in [0.5, 0.6) is 0 Å². The molecule has 0 aromatic rings. The molecule has 0 aliphatic carbocycles. The van der Waals surface area contributed by atoms with Crippen molar-refractivity contribution in [1.29, 1.82) is 0 Å². The van der Waals surface area contributed by atoms with Gasteiger partial charge in [0.1, 0.15) is 31.0 Å². The average molecular weight is 236 g/mol. The molecule has 0 fully saturated rings. The molecular weight excluding hydrogens is 220 g/mol. The largest absolute Gasteiger partial charge is 0.460 e. The van der Waals surface area contributed by atoms with Crippen LogP contribution in [-0.4, -0.2) is 69.1 Å². The molecule has 0 amide bonds. The van der Waals surface area contributed by atoms with Gasteiger partial charge in [0.15, 0.2) is 0 Å². The molecule has 7 heteroatoms. The molecule has 0 bridgehead atoms. The topological polar surface area (TPSA) is 127 Å². The molecule has 0 aliphatic heterocycles. The summed E-state index contributed by atoms with van der Waals surface area (Å²) in [5.41, 5.74) is 0. The Balaban J connectivity index is 4.11. The van der Waals surface area contributed by atoms with E-state index in [-0.39, 0.29) is 0 Å². The van der Waals surface area contributed by atoms with Gasteiger partial charge in [-0.3, -0.25) is 0 Å². The van der Waals surface area contributed by atoms with Crippen molar-refractivity contribution < 1.29 is 35.1 Å². The molecule has 0 aromatic carbocycles. The molecule has 0 spiro atoms. The highest BCUT2D eigenvalue weighted by molar-refractivity contribution is 5.81. The zero-order valence-electron chi connectivity index (χ0n) is 8.56. The van der Waals surface area contributed by atoms with Crippen LogP contribution < -0.4 is 0 Å². The van der Waals surface area contributed by atoms with Crippen LogP contribution in [0.1, 0.15) is 0 Å². The minimum Gasteiger partial charge on any atom is -0.460 e. The molecule has 0 radical (unpaired) electrons. The van der Waals surface area contributed by atoms with Crippen LogP contribution in [0.2, 0.25) is 0 Å². The number of carbonyl (C=O) groups excluding carboxylic acids is 1. The first-order chi connectivity index (χ1) is 7.43. The van der Waals surface area contributed by atoms with Gasteiger partial charge in [-0.15, -0.1) is 0 Å². The van der Waals surface area contributed by atoms with Crippen molar-refractivity contribution in [2.45, 2.75) is 24.4 Å². The minimum absolute atomic E-state index is 0.554. The quantitative estimate of drug-likeness (QED) is 0.238. The number of ether oxygens (including phenoxy) is 1. The van der Waals surface area contributed by atoms with Crippen molar-refractivity contribution in [1.82, 2.24) is 0 Å². The number of aliphatic hydroxyl groups is 5. The Kier molecular flexibility index (Phi) is 6.86. The predicted octanol–water partition coefficient (Wildman–Crippen LogP) is -2.85. The van der Waals surface area contributed by atoms with Gasteiger partial charge in [-0.1, -0.05) is 6.58 Å². The number of rotatable bonds is 7. The molecule has 0 aliphatic rings. The third kappa shape index (κ3) is 4.69. The number of hydrogen-bond donors (Lipinski definition) is 5. The number of carbonyl (C=O) groups is 1. The molecule has 5 N–H and O–H groups in total. The van der Waals surface area contributed by atoms with Crippen LogP contribution in [0.4, 0.5) is 0 Å². The molecule has 4 atom stereocenters. The summed E-state index contributed by atoms with van der Waals surface area (Å²) in [6.45, 7) is 1.80. The summed E-state index contributed by atoms with van der Waals surface area (Å²) in [6.07, 6.45) is -5.75. The first kappa shape index (κ1) is 15.0. The van der Waals surface area contributed by atoms with Crippen molar-refractivity contribution in [3.05, 3.63) is 12.7 Å². The maximum atomic E-state index is 10.6. The fourth-order valence-corrected chi connectivity index (χ4v) is 0.888. The van der Waals surface area contributed by atoms with Gasteiger partial charge in [-0.25, -0.2) is 4.79 Å². The molecule has 0 rings (SSSR count). The highest BCUT2D eigenvalue weighted by Gasteiger charge is 2.30. The predicted molar refractivity (Wildman–Crippen MR) is 52.3 cm³/mol. The Bertz CT molecular complexity index is 230. The second-order valence-corrected chi connectivity index (χ2v) is 3.13. The average Bonchev–Trinajstić information content (AvgIpc) is 2.32. The Morgan fingerprint density at radius 3 is 2.12 bits per heavy atom. The van der Waals surface area contributed by atoms with E-state index < -0.39 is 43.6 Å². The normalized spacial score (nSPS) is 18.3. The molecule has 0 saturated carbocycles. The molecule has 0 unspecified atom stereocenters. The number of aliphatic hydroxyl groups excluding tert-OH is 5. The summed E-state index contributed by atoms with van der Waals surface area (Å²) in [7, 11) is 0. The maximum absolute atomic E-state index is 10.6. The van der Waals surface area contributed by atoms with Gasteiger partial charge in [-0.05, 0) is 0 Å². The van der Waals surface area contributed by atoms with Crippen molar-refractivity contribution in [2.24, 2.45) is 0 Å². The highest BCUT2D eigenvalue weighted by Crippen LogP contribution is 2.05. The van der Waals surface area contributed by atoms with E-state index in [1.54, 1.807) is 0 Å². The number of hydrogen-bond acceptors (Lipinski definition) is 7. The lowest BCUT2D eigenvalue weighted by molar-refractivity contribution is -0.151. The monoisotopic (exact) mass is 236 g/mol. The van der Waals surface area contributed by atoms with Crippen LogP contribution >= 0.6 is 0 Å². The van der Waals surface area contributed by atoms with E-state index in [9.17, 15) is 20.1 Å². The van der Waals surface area contributed by atoms with Gasteiger partial charge in [-0.2, -0.15) is 0 Å². The van der Waals surface area contributed by atoms with Crippen molar-refractivity contribution in [2.75, 3.05) is 13.2 Å². The molecular formula is C9H16O7. The van der Waals surface area contributed by atoms with Crippen molar-refractivity contribution >= 4 is 5.97 Å². The van der Waals surface area contributed by atoms with E-state index in [1.165, 1.54) is 0 Å². The summed E-state index contributed by atoms with van der Waals surface area (Å²) in [5.74, 6) is -0.788. The smallest absolute Gasteiger partial charge is 0.330 e. The van der Waals surface area contributed by atoms with E-state index in [0.29, 0.717) is 0 Å². The Labute approximate surface area is 92.2 Å². The summed E-state index contributed by atoms with van der Waals surface area (Å²) >= 11 is 0. The Morgan fingerprint density at radius 1 is 1.19 bits per heavy atom. The van der Waals surface area contributed by atoms with Crippen molar-refractivity contribution in [3.63, 3.8) is 0 Å². The fraction of sp³-hybridized carbons (Fsp3) is 0.667. The summed E-state index contributed by atoms with van der Waals surface area (Å²) in [5, 5.41) is 45.2. The first-order valence-corrected chi connectivity index (χ1v) is 4.56. The third-order valence-electron chi connectivity index (χ3n) is 1.89. The summed E-state index contributed by atoms with van der Waals surface area (Å²) in [4.78, 5) is 10.6. The Hall–Kier alpha value is -0.990. The lowest BCUT2D eigenvalue weighted by Crippen LogP contribution is -2.47. The van der Waals surface area contributed by atoms with Crippen molar-refractivity contribution in [3.8, 4) is 0 Å². The zero-order chi connectivity index (χ0) is 12.7. The molecule has 0 heterocycles. The summed E-state index contributed by atoms with van der Waals surface area (Å²) in [6, 6.07) is 0. The van der Waals surface area contributed by atoms with E-state index >= 15 is 0 Å². The number of esters is 1. The third-order valence-corrected chi connectivity index (χ3v) is 1.89. The van der Waals surface area contributed by atoms with E-state index in [4.69, 9.17) is 10.2 Å². The highest BCUT2D eigenvalue weighted by atomic mass is 16.5. The van der Waals surface area contributed by atoms with E-state index in [2.05, 4.69) is 11.3 Å². The molecule has 7 nitrogen and oxygen atoms in total. The maximum Gasteiger partial charge on any atom is 0.330 e. The van der Waals surface area contributed by atoms with Crippen LogP contribution in [0.25, 0.3) is 0 Å². The van der Waals surface area contributed by atoms with Crippen LogP contribution in [0, 0.1) is 0 Å². The van der Waals surface area contributed by atoms with Gasteiger partial charge >= 0.3 is 5.97 Å². The standard InChI is InChI=1S/C9H16O7/c1-2-7(13)16-4-6(12)9(15)8(14)5(11)3-10/h2,5-6,8-12,14-15H,1,3-4H2/t5-,6-,8-,9-/m1/s1. The molecule has 94 valence electrons. The second kappa shape index (κ2) is 7.31. The molecule has 0 saturated heterocycles. The van der Waals surface area contributed by atoms with Gasteiger partial charge in [0.2, 0.25) is 0 Å². The van der Waals surface area contributed by atoms with Crippen LogP contribution in [0.3, 0.4) is 0 Å². The van der Waals surface area contributed by atoms with E-state index in [0.717, 1.165) is 6.08 Å². The minimum atomic E-state index is -1.74. The van der Waals surface area contributed by atoms with Gasteiger partial charge < -0.3 is 30.3 Å². The SMILES string of the molecule is C=CC(=O)OC[C@@H](O)[C@@H](O)[C@H](O)[C@H](O)CO. The first-order valence-electron chi connectivity index (χ1n) is 4.56. The lowest BCUT2D eigenvalue weighted by Gasteiger charge is -2.25. The zero-order valence-corrected chi connectivity index (χ0v) is 8.56. The molecule has 0 aromatic heterocycles. The van der Waals surface area contributed by atoms with Gasteiger partial charge in [0.25, 0.3) is 0 Å². The van der Waals surface area contributed by atoms with E-state index in [1.807, 2.05) is 0 Å².